The first kappa shape index (κ1) is 32.6. The summed E-state index contributed by atoms with van der Waals surface area (Å²) in [7, 11) is 1.73. The number of nitrogens with one attached hydrogen (secondary N) is 2. The van der Waals surface area contributed by atoms with Gasteiger partial charge in [-0.15, -0.1) is 0 Å². The summed E-state index contributed by atoms with van der Waals surface area (Å²) in [6, 6.07) is -5.69. The van der Waals surface area contributed by atoms with Crippen LogP contribution in [0.3, 0.4) is 0 Å². The summed E-state index contributed by atoms with van der Waals surface area (Å²) in [6.45, 7) is -1.16. The lowest BCUT2D eigenvalue weighted by atomic mass is 10.0. The topological polar surface area (TPSA) is 200 Å². The number of hydrazine groups is 1. The molecule has 0 saturated carbocycles. The average molecular weight is 782 g/mol. The molecular formula is C37H55N9O9. The molecule has 0 spiro atoms. The highest BCUT2D eigenvalue weighted by Gasteiger charge is 2.45. The number of hydrogen-bond donors (Lipinski definition) is 2. The van der Waals surface area contributed by atoms with Crippen molar-refractivity contribution in [1.82, 2.24) is 45.2 Å². The molecule has 8 amide bonds. The molecule has 18 nitrogen and oxygen atoms in total. The Morgan fingerprint density at radius 2 is 1.09 bits per heavy atom. The van der Waals surface area contributed by atoms with E-state index in [0.717, 1.165) is 14.9 Å². The molecular weight excluding hydrogens is 714 g/mol. The lowest BCUT2D eigenvalue weighted by molar-refractivity contribution is -0.144. The minimum Gasteiger partial charge on any atom is -0.348 e. The number of ketones is 1. The van der Waals surface area contributed by atoms with Crippen molar-refractivity contribution >= 4 is 53.5 Å². The van der Waals surface area contributed by atoms with Gasteiger partial charge in [-0.1, -0.05) is 0 Å². The van der Waals surface area contributed by atoms with Gasteiger partial charge < -0.3 is 35.0 Å². The summed E-state index contributed by atoms with van der Waals surface area (Å²) in [5.41, 5.74) is 0. The van der Waals surface area contributed by atoms with E-state index in [0.29, 0.717) is 19.3 Å². The summed E-state index contributed by atoms with van der Waals surface area (Å²) in [5, 5.41) is 6.99. The molecule has 0 bridgehead atoms. The first-order chi connectivity index (χ1) is 28.9. The molecule has 11 unspecified atom stereocenters. The third-order valence-corrected chi connectivity index (χ3v) is 11.1. The predicted molar refractivity (Wildman–Crippen MR) is 194 cm³/mol. The Morgan fingerprint density at radius 1 is 0.564 bits per heavy atom. The highest BCUT2D eigenvalue weighted by Crippen LogP contribution is 2.28. The molecule has 6 heterocycles. The van der Waals surface area contributed by atoms with Gasteiger partial charge in [0.1, 0.15) is 24.4 Å². The highest BCUT2D eigenvalue weighted by molar-refractivity contribution is 5.96. The lowest BCUT2D eigenvalue weighted by Gasteiger charge is -2.35. The number of Topliss-reactive ketones (excluding diaryl/α,β-unsaturated/α-hetero) is 1. The smallest absolute Gasteiger partial charge is 0.339 e. The van der Waals surface area contributed by atoms with Gasteiger partial charge in [-0.3, -0.25) is 43.5 Å². The lowest BCUT2D eigenvalue weighted by Crippen LogP contribution is -2.57. The van der Waals surface area contributed by atoms with E-state index in [1.165, 1.54) is 14.7 Å². The Hall–Kier alpha value is -4.61. The van der Waals surface area contributed by atoms with Crippen molar-refractivity contribution in [3.8, 4) is 0 Å². The zero-order valence-electron chi connectivity index (χ0n) is 37.0. The molecule has 18 heteroatoms. The number of amides is 8. The summed E-state index contributed by atoms with van der Waals surface area (Å²) >= 11 is 0. The fraction of sp³-hybridized carbons (Fsp3) is 0.757. The number of rotatable bonds is 12. The van der Waals surface area contributed by atoms with E-state index >= 15 is 0 Å². The minimum atomic E-state index is -1.19. The number of likely N-dealkylation sites (N-methyl/N-ethyl adjacent to an activating group) is 1. The number of hydrogen-bond acceptors (Lipinski definition) is 10. The normalized spacial score (nSPS) is 36.5. The van der Waals surface area contributed by atoms with E-state index in [-0.39, 0.29) is 83.8 Å². The Kier molecular flexibility index (Phi) is 10.6. The average Bonchev–Trinajstić information content (AvgIpc) is 4.08. The van der Waals surface area contributed by atoms with Crippen LogP contribution in [-0.4, -0.2) is 184 Å². The summed E-state index contributed by atoms with van der Waals surface area (Å²) in [6.07, 6.45) is -4.55. The maximum atomic E-state index is 14.0. The second-order valence-electron chi connectivity index (χ2n) is 14.5. The predicted octanol–water partition coefficient (Wildman–Crippen LogP) is -1.13. The minimum absolute atomic E-state index is 0.0105. The Balaban J connectivity index is 1.04. The molecule has 6 aliphatic rings. The molecule has 6 aliphatic heterocycles. The monoisotopic (exact) mass is 781 g/mol. The van der Waals surface area contributed by atoms with E-state index in [1.54, 1.807) is 11.9 Å². The number of carbonyl (C=O) groups excluding carboxylic acids is 9. The number of aldehydes is 1. The highest BCUT2D eigenvalue weighted by atomic mass is 16.2. The third kappa shape index (κ3) is 8.63. The summed E-state index contributed by atoms with van der Waals surface area (Å²) < 4.78 is 49.5. The summed E-state index contributed by atoms with van der Waals surface area (Å²) in [4.78, 5) is 125. The first-order valence-corrected chi connectivity index (χ1v) is 18.9. The first-order valence-electron chi connectivity index (χ1n) is 22.4. The van der Waals surface area contributed by atoms with Crippen LogP contribution < -0.4 is 10.6 Å². The molecule has 0 aromatic heterocycles. The molecule has 55 heavy (non-hydrogen) atoms. The molecule has 6 fully saturated rings. The summed E-state index contributed by atoms with van der Waals surface area (Å²) in [5.74, 6) is -4.09. The SMILES string of the molecule is [3H]C1CC(C(=O)N2CC([3H])CC2C(=O)NCC(=O)N2CC([3H])CC2C(=O)CCC(=O)N2CC([3H])CN2C(=O)N2CC([3H])CC2C(=O)N2CC([3H])CC2C(=O)NCC=O)N(C)C1. The van der Waals surface area contributed by atoms with E-state index in [2.05, 4.69) is 10.6 Å². The van der Waals surface area contributed by atoms with Crippen LogP contribution in [0.1, 0.15) is 91.6 Å². The van der Waals surface area contributed by atoms with Gasteiger partial charge in [0.2, 0.25) is 35.4 Å². The van der Waals surface area contributed by atoms with Crippen molar-refractivity contribution in [3.05, 3.63) is 0 Å². The number of likely N-dealkylation sites (tertiary alicyclic amines) is 5. The van der Waals surface area contributed by atoms with Crippen molar-refractivity contribution in [2.45, 2.75) is 114 Å². The molecule has 2 N–H and O–H groups in total. The maximum absolute atomic E-state index is 14.0. The molecule has 302 valence electrons. The van der Waals surface area contributed by atoms with Gasteiger partial charge in [0.15, 0.2) is 5.78 Å². The third-order valence-electron chi connectivity index (χ3n) is 11.1. The van der Waals surface area contributed by atoms with Crippen LogP contribution in [0, 0.1) is 0 Å². The second-order valence-corrected chi connectivity index (χ2v) is 14.5. The fourth-order valence-electron chi connectivity index (χ4n) is 8.16. The molecule has 0 aromatic carbocycles. The van der Waals surface area contributed by atoms with E-state index in [4.69, 9.17) is 8.22 Å². The van der Waals surface area contributed by atoms with Crippen molar-refractivity contribution < 1.29 is 51.4 Å². The number of nitrogens with zero attached hydrogens (tertiary/aromatic N) is 7. The van der Waals surface area contributed by atoms with Gasteiger partial charge in [0.25, 0.3) is 0 Å². The van der Waals surface area contributed by atoms with Gasteiger partial charge in [-0.2, -0.15) is 0 Å². The Labute approximate surface area is 329 Å². The fourth-order valence-corrected chi connectivity index (χ4v) is 8.16. The molecule has 0 radical (unpaired) electrons. The van der Waals surface area contributed by atoms with Crippen molar-refractivity contribution in [3.63, 3.8) is 0 Å². The molecule has 0 aromatic rings. The van der Waals surface area contributed by atoms with E-state index in [1.807, 2.05) is 0 Å². The maximum Gasteiger partial charge on any atom is 0.339 e. The standard InChI is InChI=1S/C37H55N9O9/c1-40-16-2-11-28(40)35(53)42-18-5-10-27(42)34(52)39-24-32(50)41-17-3-8-25(41)30(48)13-14-31(49)45-21-7-22-46(45)37(55)44-20-6-12-29(44)36(54)43-19-4-9-26(43)33(51)38-15-23-47/h23,25-29H,2-22,24H2,1H3,(H,38,51)(H,39,52)/i2T,3T,4T,5T,6T,7T. The molecule has 0 aliphatic carbocycles. The number of urea groups is 1. The van der Waals surface area contributed by atoms with Gasteiger partial charge in [-0.05, 0) is 84.1 Å². The molecule has 6 rings (SSSR count). The van der Waals surface area contributed by atoms with Crippen LogP contribution in [0.15, 0.2) is 0 Å². The van der Waals surface area contributed by atoms with Gasteiger partial charge >= 0.3 is 6.03 Å². The quantitative estimate of drug-likeness (QED) is 0.229. The van der Waals surface area contributed by atoms with Gasteiger partial charge in [-0.25, -0.2) is 9.80 Å². The van der Waals surface area contributed by atoms with Crippen molar-refractivity contribution in [2.24, 2.45) is 0 Å². The Morgan fingerprint density at radius 3 is 1.73 bits per heavy atom. The molecule has 11 atom stereocenters. The van der Waals surface area contributed by atoms with Crippen molar-refractivity contribution in [2.75, 3.05) is 66.0 Å². The van der Waals surface area contributed by atoms with Crippen LogP contribution in [0.25, 0.3) is 0 Å². The van der Waals surface area contributed by atoms with Crippen LogP contribution in [0.5, 0.6) is 0 Å². The van der Waals surface area contributed by atoms with Gasteiger partial charge in [0, 0.05) is 60.3 Å². The van der Waals surface area contributed by atoms with Crippen molar-refractivity contribution in [1.29, 1.82) is 0 Å². The molecule has 6 saturated heterocycles. The number of carbonyl (C=O) groups is 9. The Bertz CT molecular complexity index is 1770. The van der Waals surface area contributed by atoms with E-state index in [9.17, 15) is 43.2 Å². The van der Waals surface area contributed by atoms with Crippen LogP contribution in [0.4, 0.5) is 4.79 Å². The van der Waals surface area contributed by atoms with Crippen LogP contribution in [0.2, 0.25) is 0 Å². The van der Waals surface area contributed by atoms with E-state index < -0.39 is 123 Å². The zero-order chi connectivity index (χ0) is 44.4. The van der Waals surface area contributed by atoms with Crippen LogP contribution >= 0.6 is 0 Å². The van der Waals surface area contributed by atoms with Gasteiger partial charge in [0.05, 0.1) is 25.2 Å². The zero-order valence-corrected chi connectivity index (χ0v) is 31.0. The van der Waals surface area contributed by atoms with Crippen LogP contribution in [-0.2, 0) is 38.4 Å². The second kappa shape index (κ2) is 17.9. The largest absolute Gasteiger partial charge is 0.348 e.